The number of carbonyl (C=O) groups is 2. The van der Waals surface area contributed by atoms with Gasteiger partial charge in [-0.3, -0.25) is 9.59 Å². The molecular weight excluding hydrogens is 328 g/mol. The summed E-state index contributed by atoms with van der Waals surface area (Å²) in [6, 6.07) is 9.39. The maximum atomic E-state index is 12.5. The fourth-order valence-corrected chi connectivity index (χ4v) is 3.89. The Morgan fingerprint density at radius 1 is 1.30 bits per heavy atom. The van der Waals surface area contributed by atoms with Crippen LogP contribution in [0.4, 0.5) is 5.69 Å². The van der Waals surface area contributed by atoms with Gasteiger partial charge in [0.1, 0.15) is 0 Å². The third-order valence-electron chi connectivity index (χ3n) is 3.27. The van der Waals surface area contributed by atoms with E-state index in [1.807, 2.05) is 37.3 Å². The molecule has 122 valence electrons. The Labute approximate surface area is 144 Å². The highest BCUT2D eigenvalue weighted by atomic mass is 32.2. The van der Waals surface area contributed by atoms with Gasteiger partial charge in [0.2, 0.25) is 5.91 Å². The first kappa shape index (κ1) is 17.6. The van der Waals surface area contributed by atoms with Gasteiger partial charge in [0.15, 0.2) is 0 Å². The Bertz CT molecular complexity index is 710. The number of nitrogens with two attached hydrogens (primary N) is 1. The summed E-state index contributed by atoms with van der Waals surface area (Å²) in [7, 11) is 0. The van der Waals surface area contributed by atoms with Gasteiger partial charge in [0.25, 0.3) is 5.91 Å². The Kier molecular flexibility index (Phi) is 6.24. The minimum Gasteiger partial charge on any atom is -0.369 e. The van der Waals surface area contributed by atoms with Crippen molar-refractivity contribution >= 4 is 40.6 Å². The standard InChI is InChI=1S/C17H20N2O2S2/c1-3-6-12-9-15(23-11(12)2)17(21)19-13-7-4-5-8-14(13)22-10-16(18)20/h4-5,7-9H,3,6,10H2,1-2H3,(H2,18,20)(H,19,21). The van der Waals surface area contributed by atoms with E-state index in [0.29, 0.717) is 10.6 Å². The SMILES string of the molecule is CCCc1cc(C(=O)Nc2ccccc2SCC(N)=O)sc1C. The van der Waals surface area contributed by atoms with Gasteiger partial charge in [0.05, 0.1) is 16.3 Å². The molecule has 0 radical (unpaired) electrons. The minimum atomic E-state index is -0.380. The van der Waals surface area contributed by atoms with E-state index in [1.165, 1.54) is 33.5 Å². The van der Waals surface area contributed by atoms with Crippen molar-refractivity contribution in [3.63, 3.8) is 0 Å². The highest BCUT2D eigenvalue weighted by molar-refractivity contribution is 8.00. The first-order chi connectivity index (χ1) is 11.0. The second-order valence-electron chi connectivity index (χ2n) is 5.15. The third kappa shape index (κ3) is 4.84. The number of anilines is 1. The number of rotatable bonds is 7. The summed E-state index contributed by atoms with van der Waals surface area (Å²) in [5.74, 6) is -0.312. The lowest BCUT2D eigenvalue weighted by molar-refractivity contribution is -0.115. The quantitative estimate of drug-likeness (QED) is 0.747. The van der Waals surface area contributed by atoms with E-state index < -0.39 is 0 Å². The predicted octanol–water partition coefficient (Wildman–Crippen LogP) is 3.84. The molecule has 1 aromatic heterocycles. The van der Waals surface area contributed by atoms with Gasteiger partial charge in [-0.15, -0.1) is 23.1 Å². The van der Waals surface area contributed by atoms with Crippen LogP contribution in [0.1, 0.15) is 33.5 Å². The molecule has 0 aliphatic heterocycles. The first-order valence-corrected chi connectivity index (χ1v) is 9.22. The van der Waals surface area contributed by atoms with Gasteiger partial charge >= 0.3 is 0 Å². The monoisotopic (exact) mass is 348 g/mol. The number of benzene rings is 1. The lowest BCUT2D eigenvalue weighted by Gasteiger charge is -2.09. The van der Waals surface area contributed by atoms with Gasteiger partial charge in [0, 0.05) is 9.77 Å². The van der Waals surface area contributed by atoms with Crippen LogP contribution in [0.2, 0.25) is 0 Å². The summed E-state index contributed by atoms with van der Waals surface area (Å²) in [5, 5.41) is 2.93. The minimum absolute atomic E-state index is 0.118. The second kappa shape index (κ2) is 8.17. The summed E-state index contributed by atoms with van der Waals surface area (Å²) in [6.07, 6.45) is 2.05. The largest absolute Gasteiger partial charge is 0.369 e. The van der Waals surface area contributed by atoms with Crippen molar-refractivity contribution in [2.45, 2.75) is 31.6 Å². The highest BCUT2D eigenvalue weighted by Gasteiger charge is 2.14. The molecule has 0 saturated carbocycles. The van der Waals surface area contributed by atoms with Crippen molar-refractivity contribution in [1.29, 1.82) is 0 Å². The average Bonchev–Trinajstić information content (AvgIpc) is 2.88. The van der Waals surface area contributed by atoms with E-state index in [0.717, 1.165) is 17.7 Å². The van der Waals surface area contributed by atoms with Crippen LogP contribution in [0, 0.1) is 6.92 Å². The normalized spacial score (nSPS) is 10.5. The van der Waals surface area contributed by atoms with Crippen molar-refractivity contribution in [3.8, 4) is 0 Å². The number of carbonyl (C=O) groups excluding carboxylic acids is 2. The zero-order valence-electron chi connectivity index (χ0n) is 13.2. The topological polar surface area (TPSA) is 72.2 Å². The summed E-state index contributed by atoms with van der Waals surface area (Å²) < 4.78 is 0. The Hall–Kier alpha value is -1.79. The smallest absolute Gasteiger partial charge is 0.265 e. The van der Waals surface area contributed by atoms with E-state index in [9.17, 15) is 9.59 Å². The molecule has 4 nitrogen and oxygen atoms in total. The lowest BCUT2D eigenvalue weighted by Crippen LogP contribution is -2.14. The fraction of sp³-hybridized carbons (Fsp3) is 0.294. The molecule has 0 spiro atoms. The van der Waals surface area contributed by atoms with Gasteiger partial charge in [-0.2, -0.15) is 0 Å². The van der Waals surface area contributed by atoms with E-state index in [1.54, 1.807) is 0 Å². The molecule has 0 bridgehead atoms. The maximum Gasteiger partial charge on any atom is 0.265 e. The number of hydrogen-bond donors (Lipinski definition) is 2. The van der Waals surface area contributed by atoms with Crippen molar-refractivity contribution in [1.82, 2.24) is 0 Å². The van der Waals surface area contributed by atoms with Crippen molar-refractivity contribution < 1.29 is 9.59 Å². The van der Waals surface area contributed by atoms with Crippen molar-refractivity contribution in [2.75, 3.05) is 11.1 Å². The van der Waals surface area contributed by atoms with Crippen LogP contribution in [-0.2, 0) is 11.2 Å². The number of aryl methyl sites for hydroxylation is 2. The maximum absolute atomic E-state index is 12.5. The molecule has 2 amide bonds. The molecule has 2 rings (SSSR count). The van der Waals surface area contributed by atoms with Gasteiger partial charge in [-0.25, -0.2) is 0 Å². The molecule has 2 aromatic rings. The number of hydrogen-bond acceptors (Lipinski definition) is 4. The van der Waals surface area contributed by atoms with Gasteiger partial charge < -0.3 is 11.1 Å². The lowest BCUT2D eigenvalue weighted by atomic mass is 10.1. The first-order valence-electron chi connectivity index (χ1n) is 7.42. The zero-order chi connectivity index (χ0) is 16.8. The Morgan fingerprint density at radius 2 is 2.04 bits per heavy atom. The summed E-state index contributed by atoms with van der Waals surface area (Å²) in [5.41, 5.74) is 7.12. The molecule has 0 aliphatic rings. The molecule has 0 atom stereocenters. The molecule has 0 aliphatic carbocycles. The van der Waals surface area contributed by atoms with E-state index in [4.69, 9.17) is 5.73 Å². The molecule has 6 heteroatoms. The van der Waals surface area contributed by atoms with Gasteiger partial charge in [-0.1, -0.05) is 25.5 Å². The van der Waals surface area contributed by atoms with Crippen LogP contribution in [0.3, 0.4) is 0 Å². The number of para-hydroxylation sites is 1. The zero-order valence-corrected chi connectivity index (χ0v) is 14.9. The summed E-state index contributed by atoms with van der Waals surface area (Å²) in [6.45, 7) is 4.17. The van der Waals surface area contributed by atoms with E-state index >= 15 is 0 Å². The molecule has 0 fully saturated rings. The number of nitrogens with one attached hydrogen (secondary N) is 1. The number of thiophene rings is 1. The third-order valence-corrected chi connectivity index (χ3v) is 5.46. The Morgan fingerprint density at radius 3 is 2.74 bits per heavy atom. The van der Waals surface area contributed by atoms with Crippen LogP contribution in [0.5, 0.6) is 0 Å². The van der Waals surface area contributed by atoms with Crippen molar-refractivity contribution in [2.24, 2.45) is 5.73 Å². The molecule has 3 N–H and O–H groups in total. The molecule has 1 heterocycles. The molecule has 0 saturated heterocycles. The van der Waals surface area contributed by atoms with Gasteiger partial charge in [-0.05, 0) is 37.1 Å². The number of primary amides is 1. The Balaban J connectivity index is 2.14. The van der Waals surface area contributed by atoms with Crippen molar-refractivity contribution in [3.05, 3.63) is 45.6 Å². The summed E-state index contributed by atoms with van der Waals surface area (Å²) >= 11 is 2.84. The number of thioether (sulfide) groups is 1. The van der Waals surface area contributed by atoms with Crippen LogP contribution in [-0.4, -0.2) is 17.6 Å². The van der Waals surface area contributed by atoms with E-state index in [-0.39, 0.29) is 17.6 Å². The summed E-state index contributed by atoms with van der Waals surface area (Å²) in [4.78, 5) is 26.1. The molecule has 0 unspecified atom stereocenters. The molecule has 23 heavy (non-hydrogen) atoms. The van der Waals surface area contributed by atoms with E-state index in [2.05, 4.69) is 12.2 Å². The molecule has 1 aromatic carbocycles. The predicted molar refractivity (Wildman–Crippen MR) is 97.4 cm³/mol. The van der Waals surface area contributed by atoms with Crippen LogP contribution in [0.15, 0.2) is 35.2 Å². The second-order valence-corrected chi connectivity index (χ2v) is 7.42. The fourth-order valence-electron chi connectivity index (χ4n) is 2.18. The molecular formula is C17H20N2O2S2. The number of amides is 2. The highest BCUT2D eigenvalue weighted by Crippen LogP contribution is 2.29. The van der Waals surface area contributed by atoms with Crippen LogP contribution in [0.25, 0.3) is 0 Å². The van der Waals surface area contributed by atoms with Crippen LogP contribution < -0.4 is 11.1 Å². The van der Waals surface area contributed by atoms with Crippen LogP contribution >= 0.6 is 23.1 Å². The average molecular weight is 348 g/mol.